The summed E-state index contributed by atoms with van der Waals surface area (Å²) in [6.07, 6.45) is 2.15. The molecule has 1 N–H and O–H groups in total. The van der Waals surface area contributed by atoms with Gasteiger partial charge in [0.2, 0.25) is 5.88 Å². The quantitative estimate of drug-likeness (QED) is 0.463. The normalized spacial score (nSPS) is 10.8. The highest BCUT2D eigenvalue weighted by molar-refractivity contribution is 6.32. The average Bonchev–Trinajstić information content (AvgIpc) is 3.03. The van der Waals surface area contributed by atoms with Crippen LogP contribution in [0, 0.1) is 10.1 Å². The Balaban J connectivity index is 1.87. The van der Waals surface area contributed by atoms with E-state index in [9.17, 15) is 14.9 Å². The molecule has 0 aliphatic heterocycles. The topological polar surface area (TPSA) is 117 Å². The van der Waals surface area contributed by atoms with E-state index in [-0.39, 0.29) is 10.7 Å². The molecular formula is C18H19ClN6O4. The summed E-state index contributed by atoms with van der Waals surface area (Å²) in [5.74, 6) is 0.623. The van der Waals surface area contributed by atoms with E-state index in [1.165, 1.54) is 30.5 Å². The first-order valence-electron chi connectivity index (χ1n) is 8.72. The zero-order valence-electron chi connectivity index (χ0n) is 16.0. The summed E-state index contributed by atoms with van der Waals surface area (Å²) in [6, 6.07) is 5.46. The lowest BCUT2D eigenvalue weighted by atomic mass is 10.2. The molecule has 0 amide bonds. The predicted octanol–water partition coefficient (Wildman–Crippen LogP) is 2.71. The molecule has 0 spiro atoms. The molecule has 2 aromatic heterocycles. The van der Waals surface area contributed by atoms with E-state index in [2.05, 4.69) is 15.5 Å². The molecule has 1 aromatic carbocycles. The van der Waals surface area contributed by atoms with E-state index in [1.807, 2.05) is 6.92 Å². The van der Waals surface area contributed by atoms with Crippen molar-refractivity contribution in [3.63, 3.8) is 0 Å². The maximum atomic E-state index is 12.6. The Kier molecular flexibility index (Phi) is 5.83. The molecule has 0 unspecified atom stereocenters. The lowest BCUT2D eigenvalue weighted by Crippen LogP contribution is -2.22. The predicted molar refractivity (Wildman–Crippen MR) is 108 cm³/mol. The van der Waals surface area contributed by atoms with Gasteiger partial charge in [0.05, 0.1) is 40.9 Å². The highest BCUT2D eigenvalue weighted by Gasteiger charge is 2.17. The number of nitrogens with zero attached hydrogens (tertiary/aromatic N) is 5. The van der Waals surface area contributed by atoms with Crippen molar-refractivity contribution < 1.29 is 9.66 Å². The molecule has 0 aliphatic carbocycles. The number of methoxy groups -OCH3 is 1. The van der Waals surface area contributed by atoms with Crippen molar-refractivity contribution in [1.82, 2.24) is 19.6 Å². The number of aryl methyl sites for hydroxylation is 2. The smallest absolute Gasteiger partial charge is 0.292 e. The number of non-ortho nitro benzene ring substituents is 1. The van der Waals surface area contributed by atoms with Crippen molar-refractivity contribution in [3.05, 3.63) is 67.2 Å². The molecule has 2 heterocycles. The van der Waals surface area contributed by atoms with Gasteiger partial charge in [-0.3, -0.25) is 14.9 Å². The first-order valence-corrected chi connectivity index (χ1v) is 9.10. The van der Waals surface area contributed by atoms with E-state index in [4.69, 9.17) is 16.3 Å². The van der Waals surface area contributed by atoms with Crippen LogP contribution in [0.5, 0.6) is 5.88 Å². The molecule has 0 saturated heterocycles. The number of benzene rings is 1. The van der Waals surface area contributed by atoms with Gasteiger partial charge in [-0.2, -0.15) is 14.9 Å². The van der Waals surface area contributed by atoms with Crippen LogP contribution in [0.15, 0.2) is 35.3 Å². The van der Waals surface area contributed by atoms with E-state index in [1.54, 1.807) is 18.8 Å². The average molecular weight is 419 g/mol. The number of hydrogen-bond donors (Lipinski definition) is 1. The highest BCUT2D eigenvalue weighted by atomic mass is 35.5. The fourth-order valence-corrected chi connectivity index (χ4v) is 3.16. The van der Waals surface area contributed by atoms with Crippen LogP contribution in [0.4, 0.5) is 11.4 Å². The molecule has 3 aromatic rings. The Labute approximate surface area is 170 Å². The number of nitro benzene ring substituents is 1. The van der Waals surface area contributed by atoms with E-state index in [0.717, 1.165) is 22.4 Å². The van der Waals surface area contributed by atoms with E-state index >= 15 is 0 Å². The van der Waals surface area contributed by atoms with Gasteiger partial charge in [-0.1, -0.05) is 18.5 Å². The van der Waals surface area contributed by atoms with Gasteiger partial charge in [-0.05, 0) is 18.6 Å². The van der Waals surface area contributed by atoms with Crippen molar-refractivity contribution in [2.45, 2.75) is 19.9 Å². The third-order valence-corrected chi connectivity index (χ3v) is 4.74. The Morgan fingerprint density at radius 2 is 2.00 bits per heavy atom. The van der Waals surface area contributed by atoms with Crippen molar-refractivity contribution in [1.29, 1.82) is 0 Å². The molecule has 29 heavy (non-hydrogen) atoms. The number of anilines is 1. The molecule has 0 aliphatic rings. The molecule has 152 valence electrons. The first kappa shape index (κ1) is 20.3. The van der Waals surface area contributed by atoms with Crippen molar-refractivity contribution in [2.24, 2.45) is 7.05 Å². The number of nitro groups is 1. The number of halogens is 1. The molecule has 0 bridgehead atoms. The van der Waals surface area contributed by atoms with Crippen LogP contribution < -0.4 is 15.6 Å². The van der Waals surface area contributed by atoms with Crippen LogP contribution in [0.1, 0.15) is 18.2 Å². The molecule has 10 nitrogen and oxygen atoms in total. The summed E-state index contributed by atoms with van der Waals surface area (Å²) >= 11 is 6.25. The second-order valence-corrected chi connectivity index (χ2v) is 6.51. The largest absolute Gasteiger partial charge is 0.481 e. The van der Waals surface area contributed by atoms with Crippen molar-refractivity contribution in [3.8, 4) is 11.6 Å². The van der Waals surface area contributed by atoms with Gasteiger partial charge >= 0.3 is 0 Å². The Morgan fingerprint density at radius 1 is 1.31 bits per heavy atom. The number of rotatable bonds is 7. The molecule has 3 rings (SSSR count). The van der Waals surface area contributed by atoms with Gasteiger partial charge in [-0.25, -0.2) is 4.68 Å². The first-order chi connectivity index (χ1) is 13.9. The molecule has 0 saturated carbocycles. The number of hydrogen-bond acceptors (Lipinski definition) is 7. The second-order valence-electron chi connectivity index (χ2n) is 6.13. The highest BCUT2D eigenvalue weighted by Crippen LogP contribution is 2.25. The minimum Gasteiger partial charge on any atom is -0.481 e. The summed E-state index contributed by atoms with van der Waals surface area (Å²) in [7, 11) is 3.36. The summed E-state index contributed by atoms with van der Waals surface area (Å²) in [5, 5.41) is 22.4. The SMILES string of the molecule is CCc1nn(C)c(OC)c1CNc1cnn(-c2ccc([N+](=O)[O-])cc2)c(=O)c1Cl. The van der Waals surface area contributed by atoms with Crippen LogP contribution in [-0.4, -0.2) is 31.6 Å². The van der Waals surface area contributed by atoms with Crippen LogP contribution >= 0.6 is 11.6 Å². The van der Waals surface area contributed by atoms with Gasteiger partial charge in [-0.15, -0.1) is 0 Å². The van der Waals surface area contributed by atoms with E-state index < -0.39 is 10.5 Å². The number of nitrogens with one attached hydrogen (secondary N) is 1. The van der Waals surface area contributed by atoms with Crippen molar-refractivity contribution >= 4 is 23.0 Å². The molecule has 0 fully saturated rings. The molecule has 11 heteroatoms. The molecular weight excluding hydrogens is 400 g/mol. The van der Waals surface area contributed by atoms with Gasteiger partial charge in [0.25, 0.3) is 11.2 Å². The van der Waals surface area contributed by atoms with Crippen LogP contribution in [0.25, 0.3) is 5.69 Å². The molecule has 0 atom stereocenters. The third kappa shape index (κ3) is 3.92. The Hall–Kier alpha value is -3.40. The summed E-state index contributed by atoms with van der Waals surface area (Å²) in [5.41, 5.74) is 1.86. The van der Waals surface area contributed by atoms with Gasteiger partial charge in [0.15, 0.2) is 0 Å². The maximum Gasteiger partial charge on any atom is 0.292 e. The zero-order chi connectivity index (χ0) is 21.1. The lowest BCUT2D eigenvalue weighted by Gasteiger charge is -2.11. The fraction of sp³-hybridized carbons (Fsp3) is 0.278. The van der Waals surface area contributed by atoms with Gasteiger partial charge in [0, 0.05) is 25.7 Å². The summed E-state index contributed by atoms with van der Waals surface area (Å²) in [4.78, 5) is 22.9. The second kappa shape index (κ2) is 8.31. The van der Waals surface area contributed by atoms with Gasteiger partial charge in [0.1, 0.15) is 5.02 Å². The lowest BCUT2D eigenvalue weighted by molar-refractivity contribution is -0.384. The van der Waals surface area contributed by atoms with Crippen molar-refractivity contribution in [2.75, 3.05) is 12.4 Å². The summed E-state index contributed by atoms with van der Waals surface area (Å²) in [6.45, 7) is 2.34. The maximum absolute atomic E-state index is 12.6. The fourth-order valence-electron chi connectivity index (χ4n) is 2.96. The van der Waals surface area contributed by atoms with Crippen LogP contribution in [0.3, 0.4) is 0 Å². The Bertz CT molecular complexity index is 1110. The number of aromatic nitrogens is 4. The van der Waals surface area contributed by atoms with Crippen LogP contribution in [0.2, 0.25) is 5.02 Å². The van der Waals surface area contributed by atoms with Gasteiger partial charge < -0.3 is 10.1 Å². The van der Waals surface area contributed by atoms with E-state index in [0.29, 0.717) is 23.8 Å². The number of ether oxygens (including phenoxy) is 1. The molecule has 0 radical (unpaired) electrons. The monoisotopic (exact) mass is 418 g/mol. The third-order valence-electron chi connectivity index (χ3n) is 4.38. The van der Waals surface area contributed by atoms with Crippen LogP contribution in [-0.2, 0) is 20.0 Å². The zero-order valence-corrected chi connectivity index (χ0v) is 16.8. The Morgan fingerprint density at radius 3 is 2.59 bits per heavy atom. The minimum absolute atomic E-state index is 0.0424. The minimum atomic E-state index is -0.542. The summed E-state index contributed by atoms with van der Waals surface area (Å²) < 4.78 is 8.14. The standard InChI is InChI=1S/C18H19ClN6O4/c1-4-14-13(18(29-3)23(2)22-14)9-20-15-10-21-24(17(26)16(15)19)11-5-7-12(8-6-11)25(27)28/h5-8,10,20H,4,9H2,1-3H3.